The molecule has 1 aromatic heterocycles. The van der Waals surface area contributed by atoms with Crippen molar-refractivity contribution in [3.8, 4) is 11.5 Å². The van der Waals surface area contributed by atoms with E-state index < -0.39 is 5.91 Å². The molecule has 31 heavy (non-hydrogen) atoms. The Labute approximate surface area is 183 Å². The van der Waals surface area contributed by atoms with Crippen molar-refractivity contribution < 1.29 is 19.1 Å². The number of fused-ring (bicyclic) bond motifs is 1. The summed E-state index contributed by atoms with van der Waals surface area (Å²) in [7, 11) is 3.31. The van der Waals surface area contributed by atoms with Gasteiger partial charge in [0.25, 0.3) is 5.91 Å². The highest BCUT2D eigenvalue weighted by molar-refractivity contribution is 7.99. The van der Waals surface area contributed by atoms with Gasteiger partial charge in [0.2, 0.25) is 5.91 Å². The van der Waals surface area contributed by atoms with Crippen molar-refractivity contribution in [1.29, 1.82) is 0 Å². The van der Waals surface area contributed by atoms with Crippen LogP contribution in [0, 0.1) is 0 Å². The van der Waals surface area contributed by atoms with E-state index in [0.29, 0.717) is 30.4 Å². The molecule has 0 spiro atoms. The molecule has 0 unspecified atom stereocenters. The second-order valence-corrected chi connectivity index (χ2v) is 8.07. The number of rotatable bonds is 6. The average Bonchev–Trinajstić information content (AvgIpc) is 3.23. The number of ether oxygens (including phenoxy) is 2. The fraction of sp³-hybridized carbons (Fsp3) is 0.238. The van der Waals surface area contributed by atoms with Gasteiger partial charge in [-0.3, -0.25) is 9.59 Å². The first-order valence-electron chi connectivity index (χ1n) is 9.58. The van der Waals surface area contributed by atoms with Crippen molar-refractivity contribution >= 4 is 29.3 Å². The summed E-state index contributed by atoms with van der Waals surface area (Å²) in [6.45, 7) is 0.926. The van der Waals surface area contributed by atoms with E-state index >= 15 is 0 Å². The molecule has 1 aliphatic heterocycles. The van der Waals surface area contributed by atoms with Gasteiger partial charge in [0.05, 0.1) is 11.9 Å². The van der Waals surface area contributed by atoms with Crippen LogP contribution in [0.2, 0.25) is 0 Å². The molecule has 1 N–H and O–H groups in total. The normalized spacial score (nSPS) is 12.3. The second-order valence-electron chi connectivity index (χ2n) is 6.95. The van der Waals surface area contributed by atoms with E-state index in [2.05, 4.69) is 15.6 Å². The Morgan fingerprint density at radius 1 is 1.13 bits per heavy atom. The zero-order chi connectivity index (χ0) is 21.8. The molecule has 0 aliphatic carbocycles. The summed E-state index contributed by atoms with van der Waals surface area (Å²) in [5.74, 6) is 0.621. The van der Waals surface area contributed by atoms with E-state index in [-0.39, 0.29) is 18.1 Å². The lowest BCUT2D eigenvalue weighted by Gasteiger charge is -2.21. The molecule has 0 radical (unpaired) electrons. The number of carbonyl (C=O) groups is 2. The first kappa shape index (κ1) is 20.7. The second kappa shape index (κ2) is 9.09. The summed E-state index contributed by atoms with van der Waals surface area (Å²) in [6.07, 6.45) is 1.44. The summed E-state index contributed by atoms with van der Waals surface area (Å²) in [5, 5.41) is 10.6. The molecule has 1 aliphatic rings. The van der Waals surface area contributed by atoms with Crippen LogP contribution in [0.3, 0.4) is 0 Å². The average molecular weight is 439 g/mol. The van der Waals surface area contributed by atoms with Crippen LogP contribution in [0.5, 0.6) is 11.5 Å². The maximum absolute atomic E-state index is 12.8. The molecule has 9 nitrogen and oxygen atoms in total. The Balaban J connectivity index is 1.57. The van der Waals surface area contributed by atoms with Crippen LogP contribution in [0.4, 0.5) is 5.69 Å². The van der Waals surface area contributed by atoms with Gasteiger partial charge < -0.3 is 19.7 Å². The molecule has 0 fully saturated rings. The monoisotopic (exact) mass is 439 g/mol. The quantitative estimate of drug-likeness (QED) is 0.630. The van der Waals surface area contributed by atoms with Gasteiger partial charge in [-0.15, -0.1) is 5.10 Å². The van der Waals surface area contributed by atoms with E-state index in [1.165, 1.54) is 27.5 Å². The maximum atomic E-state index is 12.8. The number of aromatic nitrogens is 3. The van der Waals surface area contributed by atoms with Gasteiger partial charge >= 0.3 is 0 Å². The Kier molecular flexibility index (Phi) is 6.08. The molecule has 2 amide bonds. The van der Waals surface area contributed by atoms with Gasteiger partial charge in [-0.25, -0.2) is 4.68 Å². The Bertz CT molecular complexity index is 1100. The molecule has 0 bridgehead atoms. The van der Waals surface area contributed by atoms with E-state index in [1.807, 2.05) is 36.4 Å². The van der Waals surface area contributed by atoms with Crippen LogP contribution in [0.15, 0.2) is 58.5 Å². The molecule has 3 aromatic rings. The number of amides is 2. The van der Waals surface area contributed by atoms with Crippen LogP contribution < -0.4 is 14.8 Å². The zero-order valence-corrected chi connectivity index (χ0v) is 17.9. The molecular formula is C21H21N5O4S. The van der Waals surface area contributed by atoms with Gasteiger partial charge in [0.1, 0.15) is 19.8 Å². The number of nitrogens with one attached hydrogen (secondary N) is 1. The molecule has 4 rings (SSSR count). The zero-order valence-electron chi connectivity index (χ0n) is 17.1. The van der Waals surface area contributed by atoms with Crippen LogP contribution in [-0.4, -0.2) is 59.0 Å². The lowest BCUT2D eigenvalue weighted by atomic mass is 10.2. The largest absolute Gasteiger partial charge is 0.486 e. The number of likely N-dealkylation sites (N-methyl/N-ethyl adjacent to an activating group) is 1. The Hall–Kier alpha value is -3.53. The van der Waals surface area contributed by atoms with E-state index in [0.717, 1.165) is 9.79 Å². The molecular weight excluding hydrogens is 418 g/mol. The first-order chi connectivity index (χ1) is 15.0. The third-order valence-corrected chi connectivity index (χ3v) is 5.50. The van der Waals surface area contributed by atoms with E-state index in [9.17, 15) is 9.59 Å². The van der Waals surface area contributed by atoms with E-state index in [1.54, 1.807) is 20.2 Å². The van der Waals surface area contributed by atoms with Crippen LogP contribution in [0.1, 0.15) is 10.5 Å². The molecule has 0 saturated heterocycles. The summed E-state index contributed by atoms with van der Waals surface area (Å²) in [6, 6.07) is 13.4. The molecule has 10 heteroatoms. The highest BCUT2D eigenvalue weighted by Gasteiger charge is 2.20. The van der Waals surface area contributed by atoms with Gasteiger partial charge in [-0.2, -0.15) is 0 Å². The summed E-state index contributed by atoms with van der Waals surface area (Å²) in [4.78, 5) is 27.9. The standard InChI is InChI=1S/C21H21N5O4S/c1-25(2)20(27)13-26-12-16(23-24-26)21(28)22-15-10-17-18(30-9-8-29-17)11-19(15)31-14-6-4-3-5-7-14/h3-7,10-12H,8-9,13H2,1-2H3,(H,22,28). The van der Waals surface area contributed by atoms with Gasteiger partial charge in [-0.05, 0) is 12.1 Å². The summed E-state index contributed by atoms with van der Waals surface area (Å²) in [5.41, 5.74) is 0.680. The van der Waals surface area contributed by atoms with Crippen molar-refractivity contribution in [2.24, 2.45) is 0 Å². The highest BCUT2D eigenvalue weighted by atomic mass is 32.2. The maximum Gasteiger partial charge on any atom is 0.277 e. The van der Waals surface area contributed by atoms with Crippen molar-refractivity contribution in [3.05, 3.63) is 54.4 Å². The number of benzene rings is 2. The predicted molar refractivity (Wildman–Crippen MR) is 115 cm³/mol. The van der Waals surface area contributed by atoms with Crippen LogP contribution in [-0.2, 0) is 11.3 Å². The van der Waals surface area contributed by atoms with Gasteiger partial charge in [0.15, 0.2) is 17.2 Å². The molecule has 160 valence electrons. The number of nitrogens with zero attached hydrogens (tertiary/aromatic N) is 4. The number of carbonyl (C=O) groups excluding carboxylic acids is 2. The lowest BCUT2D eigenvalue weighted by Crippen LogP contribution is -2.26. The van der Waals surface area contributed by atoms with E-state index in [4.69, 9.17) is 9.47 Å². The molecule has 0 saturated carbocycles. The van der Waals surface area contributed by atoms with Crippen molar-refractivity contribution in [2.45, 2.75) is 16.3 Å². The fourth-order valence-electron chi connectivity index (χ4n) is 2.81. The molecule has 0 atom stereocenters. The lowest BCUT2D eigenvalue weighted by molar-refractivity contribution is -0.129. The van der Waals surface area contributed by atoms with Gasteiger partial charge in [0, 0.05) is 36.0 Å². The fourth-order valence-corrected chi connectivity index (χ4v) is 3.75. The summed E-state index contributed by atoms with van der Waals surface area (Å²) >= 11 is 1.50. The molecule has 2 heterocycles. The van der Waals surface area contributed by atoms with Crippen molar-refractivity contribution in [3.63, 3.8) is 0 Å². The first-order valence-corrected chi connectivity index (χ1v) is 10.4. The Morgan fingerprint density at radius 2 is 1.84 bits per heavy atom. The SMILES string of the molecule is CN(C)C(=O)Cn1cc(C(=O)Nc2cc3c(cc2Sc2ccccc2)OCCO3)nn1. The third kappa shape index (κ3) is 4.97. The summed E-state index contributed by atoms with van der Waals surface area (Å²) < 4.78 is 12.7. The minimum absolute atomic E-state index is 0.00636. The predicted octanol–water partition coefficient (Wildman–Crippen LogP) is 2.54. The topological polar surface area (TPSA) is 98.6 Å². The molecule has 2 aromatic carbocycles. The minimum Gasteiger partial charge on any atom is -0.486 e. The van der Waals surface area contributed by atoms with Crippen molar-refractivity contribution in [1.82, 2.24) is 19.9 Å². The number of hydrogen-bond donors (Lipinski definition) is 1. The minimum atomic E-state index is -0.435. The van der Waals surface area contributed by atoms with Gasteiger partial charge in [-0.1, -0.05) is 35.2 Å². The smallest absolute Gasteiger partial charge is 0.277 e. The third-order valence-electron chi connectivity index (χ3n) is 4.43. The number of hydrogen-bond acceptors (Lipinski definition) is 7. The highest BCUT2D eigenvalue weighted by Crippen LogP contribution is 2.42. The van der Waals surface area contributed by atoms with Crippen LogP contribution >= 0.6 is 11.8 Å². The Morgan fingerprint density at radius 3 is 2.55 bits per heavy atom. The number of anilines is 1. The van der Waals surface area contributed by atoms with Crippen molar-refractivity contribution in [2.75, 3.05) is 32.6 Å². The van der Waals surface area contributed by atoms with Crippen LogP contribution in [0.25, 0.3) is 0 Å².